The van der Waals surface area contributed by atoms with Crippen LogP contribution < -0.4 is 5.73 Å². The van der Waals surface area contributed by atoms with Gasteiger partial charge in [-0.2, -0.15) is 5.26 Å². The summed E-state index contributed by atoms with van der Waals surface area (Å²) in [6, 6.07) is 6.97. The Morgan fingerprint density at radius 3 is 2.92 bits per heavy atom. The largest absolute Gasteiger partial charge is 0.499 e. The van der Waals surface area contributed by atoms with Crippen molar-refractivity contribution in [2.75, 3.05) is 5.73 Å². The average Bonchev–Trinajstić information content (AvgIpc) is 2.48. The number of nitriles is 1. The molecule has 1 aromatic heterocycles. The zero-order chi connectivity index (χ0) is 9.42. The van der Waals surface area contributed by atoms with E-state index in [0.717, 1.165) is 10.1 Å². The van der Waals surface area contributed by atoms with Crippen LogP contribution in [0.5, 0.6) is 5.06 Å². The number of rotatable bonds is 0. The molecule has 0 aliphatic carbocycles. The quantitative estimate of drug-likeness (QED) is 0.624. The van der Waals surface area contributed by atoms with E-state index in [1.54, 1.807) is 18.2 Å². The topological polar surface area (TPSA) is 70.0 Å². The molecule has 1 heterocycles. The molecule has 64 valence electrons. The van der Waals surface area contributed by atoms with Gasteiger partial charge in [-0.05, 0) is 12.1 Å². The van der Waals surface area contributed by atoms with Crippen LogP contribution in [0.2, 0.25) is 0 Å². The molecule has 3 nitrogen and oxygen atoms in total. The van der Waals surface area contributed by atoms with Gasteiger partial charge in [0.05, 0.1) is 10.3 Å². The minimum absolute atomic E-state index is 0.185. The molecule has 0 saturated carbocycles. The van der Waals surface area contributed by atoms with E-state index >= 15 is 0 Å². The first-order valence-corrected chi connectivity index (χ1v) is 4.45. The normalized spacial score (nSPS) is 10.1. The molecule has 0 radical (unpaired) electrons. The molecular formula is C9H6N2OS. The number of hydrogen-bond donors (Lipinski definition) is 2. The number of benzene rings is 1. The van der Waals surface area contributed by atoms with Crippen LogP contribution >= 0.6 is 11.3 Å². The minimum Gasteiger partial charge on any atom is -0.499 e. The minimum atomic E-state index is 0.185. The number of thiophene rings is 1. The van der Waals surface area contributed by atoms with Gasteiger partial charge in [-0.3, -0.25) is 0 Å². The smallest absolute Gasteiger partial charge is 0.172 e. The van der Waals surface area contributed by atoms with E-state index in [-0.39, 0.29) is 5.06 Å². The Labute approximate surface area is 78.6 Å². The molecule has 0 aliphatic rings. The van der Waals surface area contributed by atoms with Crippen molar-refractivity contribution in [3.05, 3.63) is 23.8 Å². The molecule has 13 heavy (non-hydrogen) atoms. The Morgan fingerprint density at radius 1 is 1.46 bits per heavy atom. The van der Waals surface area contributed by atoms with Gasteiger partial charge in [-0.15, -0.1) is 0 Å². The highest BCUT2D eigenvalue weighted by atomic mass is 32.1. The molecule has 0 aliphatic heterocycles. The van der Waals surface area contributed by atoms with E-state index in [2.05, 4.69) is 6.07 Å². The summed E-state index contributed by atoms with van der Waals surface area (Å²) in [6.45, 7) is 0. The van der Waals surface area contributed by atoms with Crippen LogP contribution in [-0.4, -0.2) is 5.11 Å². The van der Waals surface area contributed by atoms with E-state index in [0.29, 0.717) is 11.3 Å². The zero-order valence-corrected chi connectivity index (χ0v) is 7.43. The van der Waals surface area contributed by atoms with Gasteiger partial charge < -0.3 is 10.8 Å². The number of nitrogen functional groups attached to an aromatic ring is 1. The van der Waals surface area contributed by atoms with Crippen LogP contribution in [0.1, 0.15) is 5.56 Å². The number of hydrogen-bond acceptors (Lipinski definition) is 4. The van der Waals surface area contributed by atoms with Gasteiger partial charge in [-0.25, -0.2) is 0 Å². The third-order valence-corrected chi connectivity index (χ3v) is 2.80. The van der Waals surface area contributed by atoms with Crippen LogP contribution in [0.15, 0.2) is 18.2 Å². The van der Waals surface area contributed by atoms with Crippen LogP contribution in [0.25, 0.3) is 10.1 Å². The SMILES string of the molecule is N#Cc1ccc(N)c2cc(O)sc12. The standard InChI is InChI=1S/C9H6N2OS/c10-4-5-1-2-7(11)6-3-8(12)13-9(5)6/h1-3,12H,11H2. The van der Waals surface area contributed by atoms with E-state index < -0.39 is 0 Å². The molecule has 0 unspecified atom stereocenters. The van der Waals surface area contributed by atoms with Gasteiger partial charge in [-0.1, -0.05) is 11.3 Å². The third kappa shape index (κ3) is 1.10. The van der Waals surface area contributed by atoms with Crippen LogP contribution in [0.3, 0.4) is 0 Å². The van der Waals surface area contributed by atoms with Crippen molar-refractivity contribution >= 4 is 27.1 Å². The van der Waals surface area contributed by atoms with Gasteiger partial charge in [0, 0.05) is 17.1 Å². The summed E-state index contributed by atoms with van der Waals surface area (Å²) in [6.07, 6.45) is 0. The van der Waals surface area contributed by atoms with E-state index in [1.807, 2.05) is 0 Å². The maximum absolute atomic E-state index is 9.25. The van der Waals surface area contributed by atoms with Crippen molar-refractivity contribution in [3.63, 3.8) is 0 Å². The fourth-order valence-corrected chi connectivity index (χ4v) is 2.12. The predicted octanol–water partition coefficient (Wildman–Crippen LogP) is 2.06. The summed E-state index contributed by atoms with van der Waals surface area (Å²) < 4.78 is 0.750. The molecular weight excluding hydrogens is 184 g/mol. The summed E-state index contributed by atoms with van der Waals surface area (Å²) in [4.78, 5) is 0. The second-order valence-corrected chi connectivity index (χ2v) is 3.67. The second-order valence-electron chi connectivity index (χ2n) is 2.64. The monoisotopic (exact) mass is 190 g/mol. The van der Waals surface area contributed by atoms with Gasteiger partial charge in [0.25, 0.3) is 0 Å². The van der Waals surface area contributed by atoms with Crippen molar-refractivity contribution in [3.8, 4) is 11.1 Å². The van der Waals surface area contributed by atoms with Crippen molar-refractivity contribution in [1.29, 1.82) is 5.26 Å². The maximum atomic E-state index is 9.25. The zero-order valence-electron chi connectivity index (χ0n) is 6.61. The first kappa shape index (κ1) is 7.90. The summed E-state index contributed by atoms with van der Waals surface area (Å²) in [7, 11) is 0. The van der Waals surface area contributed by atoms with Gasteiger partial charge in [0.1, 0.15) is 6.07 Å². The van der Waals surface area contributed by atoms with Crippen molar-refractivity contribution < 1.29 is 5.11 Å². The fraction of sp³-hybridized carbons (Fsp3) is 0. The number of aromatic hydroxyl groups is 1. The second kappa shape index (κ2) is 2.64. The lowest BCUT2D eigenvalue weighted by atomic mass is 10.1. The van der Waals surface area contributed by atoms with Crippen LogP contribution in [-0.2, 0) is 0 Å². The molecule has 0 spiro atoms. The highest BCUT2D eigenvalue weighted by Crippen LogP contribution is 2.35. The molecule has 0 amide bonds. The molecule has 2 rings (SSSR count). The Bertz CT molecular complexity index is 510. The Hall–Kier alpha value is -1.73. The van der Waals surface area contributed by atoms with Crippen LogP contribution in [0, 0.1) is 11.3 Å². The Kier molecular flexibility index (Phi) is 1.61. The summed E-state index contributed by atoms with van der Waals surface area (Å²) in [5, 5.41) is 19.0. The van der Waals surface area contributed by atoms with E-state index in [9.17, 15) is 5.11 Å². The lowest BCUT2D eigenvalue weighted by Crippen LogP contribution is -1.85. The summed E-state index contributed by atoms with van der Waals surface area (Å²) in [5.41, 5.74) is 6.82. The van der Waals surface area contributed by atoms with Crippen molar-refractivity contribution in [2.45, 2.75) is 0 Å². The average molecular weight is 190 g/mol. The third-order valence-electron chi connectivity index (χ3n) is 1.82. The summed E-state index contributed by atoms with van der Waals surface area (Å²) >= 11 is 1.17. The molecule has 4 heteroatoms. The predicted molar refractivity (Wildman–Crippen MR) is 52.6 cm³/mol. The highest BCUT2D eigenvalue weighted by molar-refractivity contribution is 7.21. The molecule has 2 aromatic rings. The van der Waals surface area contributed by atoms with E-state index in [4.69, 9.17) is 11.0 Å². The Morgan fingerprint density at radius 2 is 2.23 bits per heavy atom. The lowest BCUT2D eigenvalue weighted by Gasteiger charge is -1.95. The fourth-order valence-electron chi connectivity index (χ4n) is 1.22. The molecule has 0 fully saturated rings. The first-order valence-electron chi connectivity index (χ1n) is 3.63. The number of fused-ring (bicyclic) bond motifs is 1. The van der Waals surface area contributed by atoms with Crippen molar-refractivity contribution in [2.24, 2.45) is 0 Å². The van der Waals surface area contributed by atoms with Gasteiger partial charge >= 0.3 is 0 Å². The Balaban J connectivity index is 2.94. The number of nitrogens with zero attached hydrogens (tertiary/aromatic N) is 1. The molecule has 0 bridgehead atoms. The summed E-state index contributed by atoms with van der Waals surface area (Å²) in [5.74, 6) is 0. The molecule has 1 aromatic carbocycles. The highest BCUT2D eigenvalue weighted by Gasteiger charge is 2.07. The lowest BCUT2D eigenvalue weighted by molar-refractivity contribution is 0.491. The van der Waals surface area contributed by atoms with Crippen molar-refractivity contribution in [1.82, 2.24) is 0 Å². The van der Waals surface area contributed by atoms with Crippen LogP contribution in [0.4, 0.5) is 5.69 Å². The molecule has 3 N–H and O–H groups in total. The van der Waals surface area contributed by atoms with E-state index in [1.165, 1.54) is 11.3 Å². The van der Waals surface area contributed by atoms with Gasteiger partial charge in [0.2, 0.25) is 0 Å². The number of anilines is 1. The number of nitrogens with two attached hydrogens (primary N) is 1. The first-order chi connectivity index (χ1) is 6.22. The molecule has 0 saturated heterocycles. The maximum Gasteiger partial charge on any atom is 0.172 e. The molecule has 0 atom stereocenters. The van der Waals surface area contributed by atoms with Gasteiger partial charge in [0.15, 0.2) is 5.06 Å².